The summed E-state index contributed by atoms with van der Waals surface area (Å²) in [4.78, 5) is 14.0. The molecule has 2 rings (SSSR count). The van der Waals surface area contributed by atoms with Crippen LogP contribution in [0.15, 0.2) is 18.2 Å². The van der Waals surface area contributed by atoms with Crippen LogP contribution in [0.4, 0.5) is 10.5 Å². The van der Waals surface area contributed by atoms with Crippen molar-refractivity contribution in [2.45, 2.75) is 38.1 Å². The molecule has 19 heavy (non-hydrogen) atoms. The van der Waals surface area contributed by atoms with E-state index in [1.165, 1.54) is 19.3 Å². The highest BCUT2D eigenvalue weighted by molar-refractivity contribution is 6.35. The van der Waals surface area contributed by atoms with Gasteiger partial charge in [-0.2, -0.15) is 0 Å². The maximum atomic E-state index is 12.2. The number of hydrogen-bond acceptors (Lipinski definition) is 1. The number of urea groups is 1. The largest absolute Gasteiger partial charge is 0.325 e. The van der Waals surface area contributed by atoms with Gasteiger partial charge in [-0.3, -0.25) is 0 Å². The van der Waals surface area contributed by atoms with Crippen LogP contribution in [0.2, 0.25) is 10.0 Å². The number of carbonyl (C=O) groups excluding carboxylic acids is 1. The SMILES string of the molecule is CN(C(=O)Nc1cc(Cl)ccc1Cl)C1CCCCC1. The van der Waals surface area contributed by atoms with E-state index in [2.05, 4.69) is 5.32 Å². The van der Waals surface area contributed by atoms with Crippen molar-refractivity contribution in [1.29, 1.82) is 0 Å². The lowest BCUT2D eigenvalue weighted by molar-refractivity contribution is 0.186. The summed E-state index contributed by atoms with van der Waals surface area (Å²) in [5.74, 6) is 0. The molecule has 104 valence electrons. The highest BCUT2D eigenvalue weighted by Gasteiger charge is 2.22. The fraction of sp³-hybridized carbons (Fsp3) is 0.500. The van der Waals surface area contributed by atoms with Gasteiger partial charge in [0, 0.05) is 18.1 Å². The zero-order valence-electron chi connectivity index (χ0n) is 11.0. The van der Waals surface area contributed by atoms with Crippen molar-refractivity contribution in [3.05, 3.63) is 28.2 Å². The summed E-state index contributed by atoms with van der Waals surface area (Å²) in [7, 11) is 1.84. The molecule has 2 amide bonds. The van der Waals surface area contributed by atoms with Crippen LogP contribution >= 0.6 is 23.2 Å². The molecule has 0 radical (unpaired) electrons. The number of nitrogens with zero attached hydrogens (tertiary/aromatic N) is 1. The molecule has 0 atom stereocenters. The Bertz CT molecular complexity index is 459. The molecule has 1 aliphatic rings. The van der Waals surface area contributed by atoms with Gasteiger partial charge in [0.15, 0.2) is 0 Å². The highest BCUT2D eigenvalue weighted by Crippen LogP contribution is 2.27. The third kappa shape index (κ3) is 3.77. The van der Waals surface area contributed by atoms with Gasteiger partial charge in [-0.05, 0) is 31.0 Å². The second-order valence-electron chi connectivity index (χ2n) is 4.96. The minimum atomic E-state index is -0.129. The first-order valence-corrected chi connectivity index (χ1v) is 7.32. The van der Waals surface area contributed by atoms with Gasteiger partial charge in [-0.25, -0.2) is 4.79 Å². The Morgan fingerprint density at radius 3 is 2.63 bits per heavy atom. The Morgan fingerprint density at radius 1 is 1.26 bits per heavy atom. The number of rotatable bonds is 2. The second kappa shape index (κ2) is 6.49. The zero-order chi connectivity index (χ0) is 13.8. The van der Waals surface area contributed by atoms with Gasteiger partial charge in [0.05, 0.1) is 10.7 Å². The van der Waals surface area contributed by atoms with Gasteiger partial charge in [-0.15, -0.1) is 0 Å². The minimum absolute atomic E-state index is 0.129. The first-order chi connectivity index (χ1) is 9.08. The summed E-state index contributed by atoms with van der Waals surface area (Å²) < 4.78 is 0. The summed E-state index contributed by atoms with van der Waals surface area (Å²) in [6, 6.07) is 5.24. The molecule has 3 nitrogen and oxygen atoms in total. The number of halogens is 2. The van der Waals surface area contributed by atoms with Gasteiger partial charge in [0.1, 0.15) is 0 Å². The lowest BCUT2D eigenvalue weighted by Crippen LogP contribution is -2.40. The smallest absolute Gasteiger partial charge is 0.321 e. The zero-order valence-corrected chi connectivity index (χ0v) is 12.5. The normalized spacial score (nSPS) is 16.2. The predicted octanol–water partition coefficient (Wildman–Crippen LogP) is 4.79. The molecule has 0 heterocycles. The standard InChI is InChI=1S/C14H18Cl2N2O/c1-18(11-5-3-2-4-6-11)14(19)17-13-9-10(15)7-8-12(13)16/h7-9,11H,2-6H2,1H3,(H,17,19). The number of anilines is 1. The monoisotopic (exact) mass is 300 g/mol. The Hall–Kier alpha value is -0.930. The van der Waals surface area contributed by atoms with Crippen LogP contribution < -0.4 is 5.32 Å². The fourth-order valence-electron chi connectivity index (χ4n) is 2.43. The van der Waals surface area contributed by atoms with Crippen molar-refractivity contribution in [2.24, 2.45) is 0 Å². The Morgan fingerprint density at radius 2 is 1.95 bits per heavy atom. The number of nitrogens with one attached hydrogen (secondary N) is 1. The molecule has 0 aromatic heterocycles. The summed E-state index contributed by atoms with van der Waals surface area (Å²) in [5, 5.41) is 3.87. The van der Waals surface area contributed by atoms with E-state index in [1.807, 2.05) is 7.05 Å². The molecule has 1 N–H and O–H groups in total. The second-order valence-corrected chi connectivity index (χ2v) is 5.80. The van der Waals surface area contributed by atoms with E-state index >= 15 is 0 Å². The van der Waals surface area contributed by atoms with Crippen LogP contribution in [-0.2, 0) is 0 Å². The molecule has 0 aliphatic heterocycles. The van der Waals surface area contributed by atoms with Crippen LogP contribution in [0.5, 0.6) is 0 Å². The molecule has 0 bridgehead atoms. The van der Waals surface area contributed by atoms with Crippen LogP contribution in [0.25, 0.3) is 0 Å². The van der Waals surface area contributed by atoms with E-state index in [9.17, 15) is 4.79 Å². The van der Waals surface area contributed by atoms with Crippen molar-refractivity contribution in [1.82, 2.24) is 4.90 Å². The molecule has 1 saturated carbocycles. The average Bonchev–Trinajstić information content (AvgIpc) is 2.43. The van der Waals surface area contributed by atoms with Crippen molar-refractivity contribution < 1.29 is 4.79 Å². The lowest BCUT2D eigenvalue weighted by atomic mass is 9.95. The van der Waals surface area contributed by atoms with Crippen LogP contribution in [-0.4, -0.2) is 24.0 Å². The molecule has 0 saturated heterocycles. The van der Waals surface area contributed by atoms with E-state index in [0.29, 0.717) is 21.8 Å². The van der Waals surface area contributed by atoms with E-state index in [0.717, 1.165) is 12.8 Å². The number of hydrogen-bond donors (Lipinski definition) is 1. The molecule has 1 aromatic carbocycles. The predicted molar refractivity (Wildman–Crippen MR) is 80.1 cm³/mol. The summed E-state index contributed by atoms with van der Waals surface area (Å²) in [6.07, 6.45) is 5.81. The maximum absolute atomic E-state index is 12.2. The Kier molecular flexibility index (Phi) is 4.94. The third-order valence-corrected chi connectivity index (χ3v) is 4.18. The quantitative estimate of drug-likeness (QED) is 0.837. The van der Waals surface area contributed by atoms with Crippen LogP contribution in [0.3, 0.4) is 0 Å². The van der Waals surface area contributed by atoms with Crippen molar-refractivity contribution in [2.75, 3.05) is 12.4 Å². The van der Waals surface area contributed by atoms with Crippen LogP contribution in [0.1, 0.15) is 32.1 Å². The van der Waals surface area contributed by atoms with Crippen molar-refractivity contribution >= 4 is 34.9 Å². The van der Waals surface area contributed by atoms with Crippen molar-refractivity contribution in [3.8, 4) is 0 Å². The molecule has 1 aromatic rings. The van der Waals surface area contributed by atoms with Gasteiger partial charge in [-0.1, -0.05) is 42.5 Å². The van der Waals surface area contributed by atoms with Gasteiger partial charge in [0.25, 0.3) is 0 Å². The molecule has 5 heteroatoms. The summed E-state index contributed by atoms with van der Waals surface area (Å²) in [5.41, 5.74) is 0.557. The Labute approximate surface area is 123 Å². The highest BCUT2D eigenvalue weighted by atomic mass is 35.5. The molecular formula is C14H18Cl2N2O. The molecular weight excluding hydrogens is 283 g/mol. The first kappa shape index (κ1) is 14.5. The first-order valence-electron chi connectivity index (χ1n) is 6.57. The van der Waals surface area contributed by atoms with E-state index < -0.39 is 0 Å². The van der Waals surface area contributed by atoms with Gasteiger partial charge in [0.2, 0.25) is 0 Å². The molecule has 0 unspecified atom stereocenters. The van der Waals surface area contributed by atoms with E-state index in [4.69, 9.17) is 23.2 Å². The molecule has 0 spiro atoms. The average molecular weight is 301 g/mol. The van der Waals surface area contributed by atoms with E-state index in [1.54, 1.807) is 23.1 Å². The third-order valence-electron chi connectivity index (χ3n) is 3.61. The van der Waals surface area contributed by atoms with Gasteiger partial charge < -0.3 is 10.2 Å². The fourth-order valence-corrected chi connectivity index (χ4v) is 2.77. The summed E-state index contributed by atoms with van der Waals surface area (Å²) in [6.45, 7) is 0. The maximum Gasteiger partial charge on any atom is 0.321 e. The minimum Gasteiger partial charge on any atom is -0.325 e. The van der Waals surface area contributed by atoms with Gasteiger partial charge >= 0.3 is 6.03 Å². The Balaban J connectivity index is 2.01. The van der Waals surface area contributed by atoms with Crippen molar-refractivity contribution in [3.63, 3.8) is 0 Å². The molecule has 1 aliphatic carbocycles. The van der Waals surface area contributed by atoms with E-state index in [-0.39, 0.29) is 6.03 Å². The molecule has 1 fully saturated rings. The van der Waals surface area contributed by atoms with Crippen LogP contribution in [0, 0.1) is 0 Å². The number of benzene rings is 1. The number of amides is 2. The topological polar surface area (TPSA) is 32.3 Å². The summed E-state index contributed by atoms with van der Waals surface area (Å²) >= 11 is 11.9. The number of carbonyl (C=O) groups is 1. The lowest BCUT2D eigenvalue weighted by Gasteiger charge is -2.31.